The van der Waals surface area contributed by atoms with Crippen LogP contribution in [0.5, 0.6) is 11.8 Å². The van der Waals surface area contributed by atoms with Gasteiger partial charge in [-0.2, -0.15) is 0 Å². The Labute approximate surface area is 107 Å². The fourth-order valence-corrected chi connectivity index (χ4v) is 1.56. The van der Waals surface area contributed by atoms with Crippen LogP contribution in [0, 0.1) is 0 Å². The minimum atomic E-state index is 0.312. The Morgan fingerprint density at radius 1 is 0.889 bits per heavy atom. The Bertz CT molecular complexity index is 687. The van der Waals surface area contributed by atoms with Gasteiger partial charge < -0.3 is 4.74 Å². The molecule has 3 aromatic rings. The van der Waals surface area contributed by atoms with Crippen molar-refractivity contribution in [2.24, 2.45) is 0 Å². The van der Waals surface area contributed by atoms with Crippen LogP contribution in [0.2, 0.25) is 5.15 Å². The molecule has 2 heterocycles. The SMILES string of the molecule is Clc1ccc(Oc2cnc3ccccc3n2)nn1. The van der Waals surface area contributed by atoms with Crippen molar-refractivity contribution in [3.8, 4) is 11.8 Å². The second-order valence-corrected chi connectivity index (χ2v) is 3.88. The molecule has 3 rings (SSSR count). The van der Waals surface area contributed by atoms with E-state index in [0.717, 1.165) is 11.0 Å². The first kappa shape index (κ1) is 10.9. The highest BCUT2D eigenvalue weighted by atomic mass is 35.5. The lowest BCUT2D eigenvalue weighted by atomic mass is 10.3. The van der Waals surface area contributed by atoms with Crippen LogP contribution >= 0.6 is 11.6 Å². The van der Waals surface area contributed by atoms with Gasteiger partial charge in [-0.15, -0.1) is 10.2 Å². The summed E-state index contributed by atoms with van der Waals surface area (Å²) in [5.74, 6) is 0.689. The first-order chi connectivity index (χ1) is 8.81. The highest BCUT2D eigenvalue weighted by Crippen LogP contribution is 2.18. The molecular formula is C12H7ClN4O. The molecular weight excluding hydrogens is 252 g/mol. The maximum absolute atomic E-state index is 5.64. The van der Waals surface area contributed by atoms with Crippen LogP contribution in [0.15, 0.2) is 42.6 Å². The van der Waals surface area contributed by atoms with Crippen molar-refractivity contribution in [3.05, 3.63) is 47.7 Å². The van der Waals surface area contributed by atoms with Gasteiger partial charge in [0.1, 0.15) is 0 Å². The number of fused-ring (bicyclic) bond motifs is 1. The molecule has 0 radical (unpaired) electrons. The van der Waals surface area contributed by atoms with E-state index in [9.17, 15) is 0 Å². The lowest BCUT2D eigenvalue weighted by Gasteiger charge is -2.03. The summed E-state index contributed by atoms with van der Waals surface area (Å²) in [7, 11) is 0. The number of benzene rings is 1. The van der Waals surface area contributed by atoms with Crippen LogP contribution in [0.25, 0.3) is 11.0 Å². The number of rotatable bonds is 2. The van der Waals surface area contributed by atoms with Crippen molar-refractivity contribution in [3.63, 3.8) is 0 Å². The van der Waals surface area contributed by atoms with E-state index in [1.165, 1.54) is 0 Å². The molecule has 0 amide bonds. The summed E-state index contributed by atoms with van der Waals surface area (Å²) < 4.78 is 5.44. The predicted molar refractivity (Wildman–Crippen MR) is 66.7 cm³/mol. The Hall–Kier alpha value is -2.27. The number of aromatic nitrogens is 4. The third-order valence-corrected chi connectivity index (χ3v) is 2.44. The zero-order chi connectivity index (χ0) is 12.4. The van der Waals surface area contributed by atoms with Gasteiger partial charge in [0.25, 0.3) is 0 Å². The van der Waals surface area contributed by atoms with Gasteiger partial charge in [-0.3, -0.25) is 0 Å². The first-order valence-corrected chi connectivity index (χ1v) is 5.58. The number of nitrogens with zero attached hydrogens (tertiary/aromatic N) is 4. The molecule has 1 aromatic carbocycles. The van der Waals surface area contributed by atoms with Crippen molar-refractivity contribution in [1.29, 1.82) is 0 Å². The molecule has 0 bridgehead atoms. The molecule has 0 aliphatic heterocycles. The van der Waals surface area contributed by atoms with Gasteiger partial charge in [-0.1, -0.05) is 23.7 Å². The zero-order valence-electron chi connectivity index (χ0n) is 9.12. The van der Waals surface area contributed by atoms with Crippen LogP contribution in [0.1, 0.15) is 0 Å². The first-order valence-electron chi connectivity index (χ1n) is 5.20. The van der Waals surface area contributed by atoms with Gasteiger partial charge in [0, 0.05) is 6.07 Å². The highest BCUT2D eigenvalue weighted by molar-refractivity contribution is 6.29. The van der Waals surface area contributed by atoms with E-state index >= 15 is 0 Å². The second kappa shape index (κ2) is 4.54. The molecule has 0 saturated carbocycles. The van der Waals surface area contributed by atoms with E-state index < -0.39 is 0 Å². The summed E-state index contributed by atoms with van der Waals surface area (Å²) in [5.41, 5.74) is 1.57. The Morgan fingerprint density at radius 3 is 2.50 bits per heavy atom. The van der Waals surface area contributed by atoms with E-state index in [4.69, 9.17) is 16.3 Å². The predicted octanol–water partition coefficient (Wildman–Crippen LogP) is 2.87. The summed E-state index contributed by atoms with van der Waals surface area (Å²) >= 11 is 5.64. The number of para-hydroxylation sites is 2. The molecule has 6 heteroatoms. The van der Waals surface area contributed by atoms with Crippen LogP contribution in [-0.4, -0.2) is 20.2 Å². The average molecular weight is 259 g/mol. The van der Waals surface area contributed by atoms with E-state index in [1.54, 1.807) is 18.3 Å². The standard InChI is InChI=1S/C12H7ClN4O/c13-10-5-6-11(17-16-10)18-12-7-14-8-3-1-2-4-9(8)15-12/h1-7H. The molecule has 0 unspecified atom stereocenters. The van der Waals surface area contributed by atoms with Crippen molar-refractivity contribution in [1.82, 2.24) is 20.2 Å². The largest absolute Gasteiger partial charge is 0.417 e. The Morgan fingerprint density at radius 2 is 1.72 bits per heavy atom. The molecule has 0 N–H and O–H groups in total. The number of halogens is 1. The minimum absolute atomic E-state index is 0.312. The van der Waals surface area contributed by atoms with E-state index in [-0.39, 0.29) is 0 Å². The maximum atomic E-state index is 5.64. The van der Waals surface area contributed by atoms with Gasteiger partial charge in [0.05, 0.1) is 17.2 Å². The third-order valence-electron chi connectivity index (χ3n) is 2.24. The number of hydrogen-bond donors (Lipinski definition) is 0. The summed E-state index contributed by atoms with van der Waals surface area (Å²) in [5, 5.41) is 7.77. The van der Waals surface area contributed by atoms with Crippen molar-refractivity contribution >= 4 is 22.6 Å². The normalized spacial score (nSPS) is 10.5. The fourth-order valence-electron chi connectivity index (χ4n) is 1.45. The Kier molecular flexibility index (Phi) is 2.74. The summed E-state index contributed by atoms with van der Waals surface area (Å²) in [4.78, 5) is 8.54. The molecule has 2 aromatic heterocycles. The van der Waals surface area contributed by atoms with Crippen LogP contribution in [0.4, 0.5) is 0 Å². The van der Waals surface area contributed by atoms with E-state index in [2.05, 4.69) is 20.2 Å². The summed E-state index contributed by atoms with van der Waals surface area (Å²) in [6.07, 6.45) is 1.54. The monoisotopic (exact) mass is 258 g/mol. The lowest BCUT2D eigenvalue weighted by Crippen LogP contribution is -1.93. The number of hydrogen-bond acceptors (Lipinski definition) is 5. The van der Waals surface area contributed by atoms with Crippen molar-refractivity contribution in [2.45, 2.75) is 0 Å². The molecule has 0 fully saturated rings. The van der Waals surface area contributed by atoms with Crippen molar-refractivity contribution < 1.29 is 4.74 Å². The van der Waals surface area contributed by atoms with Gasteiger partial charge in [0.2, 0.25) is 11.8 Å². The maximum Gasteiger partial charge on any atom is 0.240 e. The van der Waals surface area contributed by atoms with Gasteiger partial charge in [-0.05, 0) is 18.2 Å². The molecule has 0 atom stereocenters. The quantitative estimate of drug-likeness (QED) is 0.707. The Balaban J connectivity index is 1.92. The smallest absolute Gasteiger partial charge is 0.240 e. The van der Waals surface area contributed by atoms with Crippen LogP contribution < -0.4 is 4.74 Å². The van der Waals surface area contributed by atoms with E-state index in [0.29, 0.717) is 16.9 Å². The van der Waals surface area contributed by atoms with Crippen LogP contribution in [-0.2, 0) is 0 Å². The summed E-state index contributed by atoms with van der Waals surface area (Å²) in [6.45, 7) is 0. The van der Waals surface area contributed by atoms with Crippen LogP contribution in [0.3, 0.4) is 0 Å². The highest BCUT2D eigenvalue weighted by Gasteiger charge is 2.03. The molecule has 0 spiro atoms. The van der Waals surface area contributed by atoms with Gasteiger partial charge in [-0.25, -0.2) is 9.97 Å². The lowest BCUT2D eigenvalue weighted by molar-refractivity contribution is 0.437. The summed E-state index contributed by atoms with van der Waals surface area (Å²) in [6, 6.07) is 10.8. The molecule has 18 heavy (non-hydrogen) atoms. The second-order valence-electron chi connectivity index (χ2n) is 3.49. The minimum Gasteiger partial charge on any atom is -0.417 e. The number of ether oxygens (including phenoxy) is 1. The fraction of sp³-hybridized carbons (Fsp3) is 0. The zero-order valence-corrected chi connectivity index (χ0v) is 9.87. The molecule has 0 saturated heterocycles. The van der Waals surface area contributed by atoms with E-state index in [1.807, 2.05) is 24.3 Å². The average Bonchev–Trinajstić information content (AvgIpc) is 2.41. The molecule has 5 nitrogen and oxygen atoms in total. The van der Waals surface area contributed by atoms with Gasteiger partial charge >= 0.3 is 0 Å². The molecule has 0 aliphatic rings. The topological polar surface area (TPSA) is 60.8 Å². The van der Waals surface area contributed by atoms with Gasteiger partial charge in [0.15, 0.2) is 5.15 Å². The third kappa shape index (κ3) is 2.21. The molecule has 0 aliphatic carbocycles. The molecule has 88 valence electrons. The van der Waals surface area contributed by atoms with Crippen molar-refractivity contribution in [2.75, 3.05) is 0 Å².